The molecule has 2 rings (SSSR count). The Morgan fingerprint density at radius 3 is 2.50 bits per heavy atom. The Labute approximate surface area is 113 Å². The van der Waals surface area contributed by atoms with Crippen LogP contribution in [0.4, 0.5) is 17.1 Å². The van der Waals surface area contributed by atoms with E-state index in [-0.39, 0.29) is 0 Å². The maximum absolute atomic E-state index is 6.09. The van der Waals surface area contributed by atoms with E-state index >= 15 is 0 Å². The Bertz CT molecular complexity index is 514. The van der Waals surface area contributed by atoms with Gasteiger partial charge in [0.15, 0.2) is 0 Å². The molecule has 0 atom stereocenters. The van der Waals surface area contributed by atoms with Crippen LogP contribution in [-0.2, 0) is 0 Å². The van der Waals surface area contributed by atoms with Gasteiger partial charge in [-0.15, -0.1) is 0 Å². The Morgan fingerprint density at radius 2 is 1.81 bits per heavy atom. The zero-order valence-corrected chi connectivity index (χ0v) is 11.3. The van der Waals surface area contributed by atoms with E-state index in [4.69, 9.17) is 17.3 Å². The molecule has 0 unspecified atom stereocenters. The van der Waals surface area contributed by atoms with Crippen molar-refractivity contribution in [1.82, 2.24) is 0 Å². The topological polar surface area (TPSA) is 38.0 Å². The molecule has 0 spiro atoms. The summed E-state index contributed by atoms with van der Waals surface area (Å²) in [5.74, 6) is 0. The van der Waals surface area contributed by atoms with E-state index in [2.05, 4.69) is 27.9 Å². The number of rotatable bonds is 2. The Kier molecular flexibility index (Phi) is 3.56. The molecular weight excluding hydrogens is 335 g/mol. The van der Waals surface area contributed by atoms with Gasteiger partial charge in [0.2, 0.25) is 0 Å². The van der Waals surface area contributed by atoms with Crippen LogP contribution in [0.5, 0.6) is 0 Å². The van der Waals surface area contributed by atoms with Gasteiger partial charge in [-0.1, -0.05) is 23.7 Å². The van der Waals surface area contributed by atoms with Crippen LogP contribution in [0.3, 0.4) is 0 Å². The second-order valence-corrected chi connectivity index (χ2v) is 4.91. The molecular formula is C12H10ClIN2. The lowest BCUT2D eigenvalue weighted by atomic mass is 10.2. The molecule has 3 N–H and O–H groups in total. The van der Waals surface area contributed by atoms with Crippen molar-refractivity contribution in [3.63, 3.8) is 0 Å². The largest absolute Gasteiger partial charge is 0.399 e. The Balaban J connectivity index is 2.31. The quantitative estimate of drug-likeness (QED) is 0.631. The van der Waals surface area contributed by atoms with Crippen LogP contribution < -0.4 is 11.1 Å². The van der Waals surface area contributed by atoms with Gasteiger partial charge in [-0.25, -0.2) is 0 Å². The summed E-state index contributed by atoms with van der Waals surface area (Å²) in [5, 5.41) is 3.90. The average Bonchev–Trinajstić information content (AvgIpc) is 2.25. The molecule has 0 aliphatic carbocycles. The molecule has 0 radical (unpaired) electrons. The SMILES string of the molecule is Nc1ccc(Nc2ccccc2I)c(Cl)c1. The molecule has 0 saturated carbocycles. The molecule has 2 aromatic carbocycles. The summed E-state index contributed by atoms with van der Waals surface area (Å²) in [4.78, 5) is 0. The van der Waals surface area contributed by atoms with Crippen molar-refractivity contribution >= 4 is 51.3 Å². The second kappa shape index (κ2) is 4.93. The lowest BCUT2D eigenvalue weighted by Gasteiger charge is -2.10. The molecule has 0 amide bonds. The minimum atomic E-state index is 0.625. The first kappa shape index (κ1) is 11.5. The number of nitrogens with one attached hydrogen (secondary N) is 1. The highest BCUT2D eigenvalue weighted by molar-refractivity contribution is 14.1. The first-order valence-corrected chi connectivity index (χ1v) is 6.19. The fourth-order valence-corrected chi connectivity index (χ4v) is 2.10. The van der Waals surface area contributed by atoms with Crippen LogP contribution in [0.15, 0.2) is 42.5 Å². The third kappa shape index (κ3) is 2.59. The molecule has 16 heavy (non-hydrogen) atoms. The van der Waals surface area contributed by atoms with Crippen LogP contribution in [0.1, 0.15) is 0 Å². The van der Waals surface area contributed by atoms with Crippen LogP contribution >= 0.6 is 34.2 Å². The predicted molar refractivity (Wildman–Crippen MR) is 78.3 cm³/mol. The highest BCUT2D eigenvalue weighted by Gasteiger charge is 2.03. The highest BCUT2D eigenvalue weighted by atomic mass is 127. The molecule has 0 saturated heterocycles. The zero-order chi connectivity index (χ0) is 11.5. The summed E-state index contributed by atoms with van der Waals surface area (Å²) >= 11 is 8.36. The van der Waals surface area contributed by atoms with Crippen molar-refractivity contribution in [2.45, 2.75) is 0 Å². The van der Waals surface area contributed by atoms with E-state index in [1.54, 1.807) is 6.07 Å². The molecule has 4 heteroatoms. The molecule has 0 heterocycles. The van der Waals surface area contributed by atoms with E-state index in [9.17, 15) is 0 Å². The predicted octanol–water partition coefficient (Wildman–Crippen LogP) is 4.27. The van der Waals surface area contributed by atoms with Gasteiger partial charge in [0.1, 0.15) is 0 Å². The Morgan fingerprint density at radius 1 is 1.06 bits per heavy atom. The smallest absolute Gasteiger partial charge is 0.0661 e. The monoisotopic (exact) mass is 344 g/mol. The van der Waals surface area contributed by atoms with Crippen LogP contribution in [0.25, 0.3) is 0 Å². The zero-order valence-electron chi connectivity index (χ0n) is 8.37. The maximum atomic E-state index is 6.09. The minimum Gasteiger partial charge on any atom is -0.399 e. The molecule has 2 nitrogen and oxygen atoms in total. The van der Waals surface area contributed by atoms with Crippen molar-refractivity contribution in [3.05, 3.63) is 51.1 Å². The fraction of sp³-hybridized carbons (Fsp3) is 0. The third-order valence-corrected chi connectivity index (χ3v) is 3.39. The lowest BCUT2D eigenvalue weighted by molar-refractivity contribution is 1.52. The second-order valence-electron chi connectivity index (χ2n) is 3.34. The molecule has 2 aromatic rings. The maximum Gasteiger partial charge on any atom is 0.0661 e. The van der Waals surface area contributed by atoms with Crippen LogP contribution in [0, 0.1) is 3.57 Å². The first-order valence-electron chi connectivity index (χ1n) is 4.73. The van der Waals surface area contributed by atoms with Crippen molar-refractivity contribution in [1.29, 1.82) is 0 Å². The molecule has 0 fully saturated rings. The van der Waals surface area contributed by atoms with E-state index in [1.807, 2.05) is 36.4 Å². The summed E-state index contributed by atoms with van der Waals surface area (Å²) in [6, 6.07) is 13.5. The van der Waals surface area contributed by atoms with Gasteiger partial charge in [0.25, 0.3) is 0 Å². The van der Waals surface area contributed by atoms with E-state index in [1.165, 1.54) is 0 Å². The van der Waals surface area contributed by atoms with Crippen molar-refractivity contribution < 1.29 is 0 Å². The van der Waals surface area contributed by atoms with E-state index in [0.29, 0.717) is 10.7 Å². The van der Waals surface area contributed by atoms with Gasteiger partial charge in [-0.05, 0) is 52.9 Å². The van der Waals surface area contributed by atoms with Crippen LogP contribution in [-0.4, -0.2) is 0 Å². The Hall–Kier alpha value is -0.940. The molecule has 0 aliphatic heterocycles. The normalized spacial score (nSPS) is 10.1. The number of benzene rings is 2. The van der Waals surface area contributed by atoms with Crippen molar-refractivity contribution in [3.8, 4) is 0 Å². The molecule has 0 aliphatic rings. The fourth-order valence-electron chi connectivity index (χ4n) is 1.34. The average molecular weight is 345 g/mol. The molecule has 0 aromatic heterocycles. The number of nitrogen functional groups attached to an aromatic ring is 1. The standard InChI is InChI=1S/C12H10ClIN2/c13-9-7-8(15)5-6-11(9)16-12-4-2-1-3-10(12)14/h1-7,16H,15H2. The van der Waals surface area contributed by atoms with Crippen molar-refractivity contribution in [2.24, 2.45) is 0 Å². The minimum absolute atomic E-state index is 0.625. The van der Waals surface area contributed by atoms with Gasteiger partial charge in [0, 0.05) is 9.26 Å². The summed E-state index contributed by atoms with van der Waals surface area (Å²) in [7, 11) is 0. The van der Waals surface area contributed by atoms with Gasteiger partial charge >= 0.3 is 0 Å². The van der Waals surface area contributed by atoms with E-state index in [0.717, 1.165) is 14.9 Å². The van der Waals surface area contributed by atoms with Crippen molar-refractivity contribution in [2.75, 3.05) is 11.1 Å². The molecule has 82 valence electrons. The van der Waals surface area contributed by atoms with Gasteiger partial charge in [-0.2, -0.15) is 0 Å². The number of halogens is 2. The highest BCUT2D eigenvalue weighted by Crippen LogP contribution is 2.29. The summed E-state index contributed by atoms with van der Waals surface area (Å²) in [6.07, 6.45) is 0. The number of para-hydroxylation sites is 1. The van der Waals surface area contributed by atoms with Gasteiger partial charge in [0.05, 0.1) is 16.4 Å². The summed E-state index contributed by atoms with van der Waals surface area (Å²) in [5.41, 5.74) is 8.20. The van der Waals surface area contributed by atoms with Gasteiger partial charge < -0.3 is 11.1 Å². The first-order chi connectivity index (χ1) is 7.66. The lowest BCUT2D eigenvalue weighted by Crippen LogP contribution is -1.94. The number of anilines is 3. The summed E-state index contributed by atoms with van der Waals surface area (Å²) < 4.78 is 1.15. The number of hydrogen-bond donors (Lipinski definition) is 2. The number of hydrogen-bond acceptors (Lipinski definition) is 2. The third-order valence-electron chi connectivity index (χ3n) is 2.14. The van der Waals surface area contributed by atoms with Crippen LogP contribution in [0.2, 0.25) is 5.02 Å². The molecule has 0 bridgehead atoms. The number of nitrogens with two attached hydrogens (primary N) is 1. The van der Waals surface area contributed by atoms with Gasteiger partial charge in [-0.3, -0.25) is 0 Å². The van der Waals surface area contributed by atoms with E-state index < -0.39 is 0 Å². The summed E-state index contributed by atoms with van der Waals surface area (Å²) in [6.45, 7) is 0.